The molecule has 1 aromatic heterocycles. The number of halogens is 1. The van der Waals surface area contributed by atoms with Crippen LogP contribution in [0.2, 0.25) is 4.34 Å². The molecule has 16 heavy (non-hydrogen) atoms. The Balaban J connectivity index is 2.02. The first-order chi connectivity index (χ1) is 7.65. The number of phenolic OH excluding ortho intramolecular Hbond substituents is 1. The third-order valence-electron chi connectivity index (χ3n) is 2.17. The van der Waals surface area contributed by atoms with Crippen LogP contribution < -0.4 is 5.32 Å². The highest BCUT2D eigenvalue weighted by atomic mass is 35.5. The van der Waals surface area contributed by atoms with Crippen molar-refractivity contribution in [3.63, 3.8) is 0 Å². The fourth-order valence-electron chi connectivity index (χ4n) is 1.31. The van der Waals surface area contributed by atoms with Crippen LogP contribution >= 0.6 is 22.9 Å². The van der Waals surface area contributed by atoms with E-state index in [2.05, 4.69) is 10.3 Å². The normalized spacial score (nSPS) is 10.4. The standard InChI is InChI=1S/C11H11ClN2OS/c1-7-4-8(2-3-9(7)15)13-6-11-14-5-10(12)16-11/h2-5,13,15H,6H2,1H3. The summed E-state index contributed by atoms with van der Waals surface area (Å²) in [7, 11) is 0. The van der Waals surface area contributed by atoms with Gasteiger partial charge in [-0.3, -0.25) is 0 Å². The molecule has 0 aliphatic carbocycles. The quantitative estimate of drug-likeness (QED) is 0.825. The Morgan fingerprint density at radius 1 is 1.50 bits per heavy atom. The molecule has 0 amide bonds. The first-order valence-corrected chi connectivity index (χ1v) is 5.98. The second-order valence-electron chi connectivity index (χ2n) is 3.41. The summed E-state index contributed by atoms with van der Waals surface area (Å²) >= 11 is 7.24. The number of thiazole rings is 1. The smallest absolute Gasteiger partial charge is 0.118 e. The summed E-state index contributed by atoms with van der Waals surface area (Å²) < 4.78 is 0.693. The lowest BCUT2D eigenvalue weighted by Crippen LogP contribution is -1.98. The summed E-state index contributed by atoms with van der Waals surface area (Å²) in [5, 5.41) is 13.5. The molecule has 0 saturated carbocycles. The van der Waals surface area contributed by atoms with Gasteiger partial charge in [-0.25, -0.2) is 4.98 Å². The van der Waals surface area contributed by atoms with E-state index in [4.69, 9.17) is 11.6 Å². The summed E-state index contributed by atoms with van der Waals surface area (Å²) in [6, 6.07) is 5.40. The van der Waals surface area contributed by atoms with Gasteiger partial charge in [-0.05, 0) is 30.7 Å². The van der Waals surface area contributed by atoms with Gasteiger partial charge in [-0.1, -0.05) is 11.6 Å². The number of anilines is 1. The van der Waals surface area contributed by atoms with Crippen molar-refractivity contribution in [2.45, 2.75) is 13.5 Å². The van der Waals surface area contributed by atoms with Crippen molar-refractivity contribution in [2.75, 3.05) is 5.32 Å². The van der Waals surface area contributed by atoms with Crippen LogP contribution in [-0.4, -0.2) is 10.1 Å². The molecular weight excluding hydrogens is 244 g/mol. The monoisotopic (exact) mass is 254 g/mol. The zero-order valence-corrected chi connectivity index (χ0v) is 10.3. The van der Waals surface area contributed by atoms with Crippen LogP contribution in [0.5, 0.6) is 5.75 Å². The molecule has 0 fully saturated rings. The van der Waals surface area contributed by atoms with Gasteiger partial charge in [0.2, 0.25) is 0 Å². The molecule has 0 radical (unpaired) electrons. The molecule has 1 aromatic carbocycles. The topological polar surface area (TPSA) is 45.2 Å². The molecule has 0 saturated heterocycles. The van der Waals surface area contributed by atoms with Gasteiger partial charge < -0.3 is 10.4 Å². The average Bonchev–Trinajstić information content (AvgIpc) is 2.66. The van der Waals surface area contributed by atoms with Gasteiger partial charge in [0.1, 0.15) is 15.1 Å². The number of nitrogens with zero attached hydrogens (tertiary/aromatic N) is 1. The van der Waals surface area contributed by atoms with Gasteiger partial charge in [0.15, 0.2) is 0 Å². The minimum atomic E-state index is 0.308. The second-order valence-corrected chi connectivity index (χ2v) is 5.16. The van der Waals surface area contributed by atoms with Gasteiger partial charge in [-0.15, -0.1) is 11.3 Å². The van der Waals surface area contributed by atoms with Crippen molar-refractivity contribution in [1.29, 1.82) is 0 Å². The van der Waals surface area contributed by atoms with Gasteiger partial charge in [-0.2, -0.15) is 0 Å². The number of nitrogens with one attached hydrogen (secondary N) is 1. The molecule has 0 aliphatic rings. The van der Waals surface area contributed by atoms with E-state index >= 15 is 0 Å². The molecular formula is C11H11ClN2OS. The Bertz CT molecular complexity index is 498. The van der Waals surface area contributed by atoms with E-state index in [0.717, 1.165) is 16.3 Å². The number of benzene rings is 1. The number of aryl methyl sites for hydroxylation is 1. The molecule has 1 heterocycles. The second kappa shape index (κ2) is 4.72. The molecule has 2 aromatic rings. The number of aromatic nitrogens is 1. The fourth-order valence-corrected chi connectivity index (χ4v) is 2.21. The van der Waals surface area contributed by atoms with E-state index < -0.39 is 0 Å². The van der Waals surface area contributed by atoms with Crippen molar-refractivity contribution < 1.29 is 5.11 Å². The zero-order chi connectivity index (χ0) is 11.5. The first-order valence-electron chi connectivity index (χ1n) is 4.79. The maximum Gasteiger partial charge on any atom is 0.118 e. The number of hydrogen-bond donors (Lipinski definition) is 2. The predicted octanol–water partition coefficient (Wildman–Crippen LogP) is 3.42. The fraction of sp³-hybridized carbons (Fsp3) is 0.182. The number of aromatic hydroxyl groups is 1. The highest BCUT2D eigenvalue weighted by molar-refractivity contribution is 7.15. The van der Waals surface area contributed by atoms with Crippen molar-refractivity contribution >= 4 is 28.6 Å². The van der Waals surface area contributed by atoms with Crippen LogP contribution in [0.25, 0.3) is 0 Å². The van der Waals surface area contributed by atoms with E-state index in [1.165, 1.54) is 11.3 Å². The Morgan fingerprint density at radius 2 is 2.31 bits per heavy atom. The van der Waals surface area contributed by atoms with Crippen molar-refractivity contribution in [2.24, 2.45) is 0 Å². The van der Waals surface area contributed by atoms with Gasteiger partial charge in [0.25, 0.3) is 0 Å². The summed E-state index contributed by atoms with van der Waals surface area (Å²) in [6.45, 7) is 2.50. The van der Waals surface area contributed by atoms with Gasteiger partial charge >= 0.3 is 0 Å². The van der Waals surface area contributed by atoms with Crippen molar-refractivity contribution in [1.82, 2.24) is 4.98 Å². The van der Waals surface area contributed by atoms with Crippen LogP contribution in [0.3, 0.4) is 0 Å². The number of phenols is 1. The molecule has 0 unspecified atom stereocenters. The van der Waals surface area contributed by atoms with Crippen LogP contribution in [0, 0.1) is 6.92 Å². The zero-order valence-electron chi connectivity index (χ0n) is 8.70. The van der Waals surface area contributed by atoms with Crippen LogP contribution in [-0.2, 0) is 6.54 Å². The largest absolute Gasteiger partial charge is 0.508 e. The third kappa shape index (κ3) is 2.65. The van der Waals surface area contributed by atoms with E-state index in [1.807, 2.05) is 19.1 Å². The molecule has 0 bridgehead atoms. The average molecular weight is 255 g/mol. The number of rotatable bonds is 3. The van der Waals surface area contributed by atoms with Gasteiger partial charge in [0.05, 0.1) is 12.7 Å². The Labute approximate surface area is 103 Å². The molecule has 84 valence electrons. The summed E-state index contributed by atoms with van der Waals surface area (Å²) in [5.41, 5.74) is 1.81. The Kier molecular flexibility index (Phi) is 3.31. The third-order valence-corrected chi connectivity index (χ3v) is 3.28. The Morgan fingerprint density at radius 3 is 2.94 bits per heavy atom. The van der Waals surface area contributed by atoms with E-state index in [9.17, 15) is 5.11 Å². The highest BCUT2D eigenvalue weighted by Gasteiger charge is 2.01. The lowest BCUT2D eigenvalue weighted by Gasteiger charge is -2.06. The molecule has 5 heteroatoms. The predicted molar refractivity (Wildman–Crippen MR) is 67.3 cm³/mol. The van der Waals surface area contributed by atoms with E-state index in [-0.39, 0.29) is 0 Å². The maximum atomic E-state index is 9.38. The first kappa shape index (κ1) is 11.2. The van der Waals surface area contributed by atoms with E-state index in [0.29, 0.717) is 16.6 Å². The van der Waals surface area contributed by atoms with E-state index in [1.54, 1.807) is 12.3 Å². The highest BCUT2D eigenvalue weighted by Crippen LogP contribution is 2.22. The Hall–Kier alpha value is -1.26. The SMILES string of the molecule is Cc1cc(NCc2ncc(Cl)s2)ccc1O. The maximum absolute atomic E-state index is 9.38. The molecule has 0 aliphatic heterocycles. The minimum Gasteiger partial charge on any atom is -0.508 e. The lowest BCUT2D eigenvalue weighted by molar-refractivity contribution is 0.471. The molecule has 2 rings (SSSR count). The summed E-state index contributed by atoms with van der Waals surface area (Å²) in [4.78, 5) is 4.15. The molecule has 2 N–H and O–H groups in total. The van der Waals surface area contributed by atoms with Gasteiger partial charge in [0, 0.05) is 5.69 Å². The summed E-state index contributed by atoms with van der Waals surface area (Å²) in [6.07, 6.45) is 1.64. The number of hydrogen-bond acceptors (Lipinski definition) is 4. The summed E-state index contributed by atoms with van der Waals surface area (Å²) in [5.74, 6) is 0.308. The molecule has 3 nitrogen and oxygen atoms in total. The molecule has 0 atom stereocenters. The van der Waals surface area contributed by atoms with Crippen LogP contribution in [0.4, 0.5) is 5.69 Å². The van der Waals surface area contributed by atoms with Crippen LogP contribution in [0.15, 0.2) is 24.4 Å². The minimum absolute atomic E-state index is 0.308. The molecule has 0 spiro atoms. The lowest BCUT2D eigenvalue weighted by atomic mass is 10.2. The van der Waals surface area contributed by atoms with Crippen molar-refractivity contribution in [3.8, 4) is 5.75 Å². The van der Waals surface area contributed by atoms with Crippen LogP contribution in [0.1, 0.15) is 10.6 Å². The van der Waals surface area contributed by atoms with Crippen molar-refractivity contribution in [3.05, 3.63) is 39.3 Å².